The first-order chi connectivity index (χ1) is 8.15. The van der Waals surface area contributed by atoms with Gasteiger partial charge in [-0.05, 0) is 26.2 Å². The maximum Gasteiger partial charge on any atom is 0.189 e. The van der Waals surface area contributed by atoms with E-state index in [0.717, 1.165) is 29.8 Å². The predicted octanol–water partition coefficient (Wildman–Crippen LogP) is 3.28. The largest absolute Gasteiger partial charge is 0.356 e. The van der Waals surface area contributed by atoms with Crippen LogP contribution in [0.4, 0.5) is 5.82 Å². The van der Waals surface area contributed by atoms with Crippen LogP contribution in [0.2, 0.25) is 0 Å². The molecule has 1 aromatic rings. The molecule has 2 rings (SSSR count). The van der Waals surface area contributed by atoms with Crippen LogP contribution in [0, 0.1) is 6.92 Å². The van der Waals surface area contributed by atoms with Gasteiger partial charge in [0.1, 0.15) is 5.82 Å². The Bertz CT molecular complexity index is 373. The molecule has 17 heavy (non-hydrogen) atoms. The molecule has 1 fully saturated rings. The molecule has 0 aromatic carbocycles. The Morgan fingerprint density at radius 1 is 1.18 bits per heavy atom. The lowest BCUT2D eigenvalue weighted by Crippen LogP contribution is -2.30. The molecule has 1 aromatic heterocycles. The van der Waals surface area contributed by atoms with Gasteiger partial charge in [0.2, 0.25) is 0 Å². The lowest BCUT2D eigenvalue weighted by atomic mass is 10.1. The summed E-state index contributed by atoms with van der Waals surface area (Å²) in [5, 5.41) is 1.45. The fourth-order valence-electron chi connectivity index (χ4n) is 2.07. The van der Waals surface area contributed by atoms with E-state index in [1.54, 1.807) is 11.8 Å². The summed E-state index contributed by atoms with van der Waals surface area (Å²) in [5.41, 5.74) is 1.07. The molecule has 2 heterocycles. The fraction of sp³-hybridized carbons (Fsp3) is 0.692. The molecule has 0 spiro atoms. The van der Waals surface area contributed by atoms with E-state index in [1.807, 2.05) is 0 Å². The average Bonchev–Trinajstić information content (AvgIpc) is 2.28. The third-order valence-electron chi connectivity index (χ3n) is 2.84. The Balaban J connectivity index is 2.18. The average molecular weight is 251 g/mol. The third-order valence-corrected chi connectivity index (χ3v) is 3.71. The van der Waals surface area contributed by atoms with E-state index >= 15 is 0 Å². The summed E-state index contributed by atoms with van der Waals surface area (Å²) in [6.45, 7) is 8.69. The smallest absolute Gasteiger partial charge is 0.189 e. The van der Waals surface area contributed by atoms with Crippen molar-refractivity contribution in [2.75, 3.05) is 18.0 Å². The minimum absolute atomic E-state index is 0.533. The van der Waals surface area contributed by atoms with Gasteiger partial charge in [-0.15, -0.1) is 0 Å². The summed E-state index contributed by atoms with van der Waals surface area (Å²) in [5.74, 6) is 1.11. The van der Waals surface area contributed by atoms with E-state index in [0.29, 0.717) is 5.25 Å². The van der Waals surface area contributed by atoms with Crippen molar-refractivity contribution >= 4 is 17.6 Å². The summed E-state index contributed by atoms with van der Waals surface area (Å²) in [7, 11) is 0. The number of aromatic nitrogens is 2. The van der Waals surface area contributed by atoms with Crippen LogP contribution in [-0.4, -0.2) is 28.3 Å². The van der Waals surface area contributed by atoms with Crippen LogP contribution in [0.25, 0.3) is 0 Å². The summed E-state index contributed by atoms with van der Waals surface area (Å²) >= 11 is 1.74. The second-order valence-electron chi connectivity index (χ2n) is 4.86. The zero-order valence-corrected chi connectivity index (χ0v) is 11.8. The van der Waals surface area contributed by atoms with Crippen LogP contribution in [0.15, 0.2) is 11.2 Å². The number of aryl methyl sites for hydroxylation is 1. The van der Waals surface area contributed by atoms with Crippen molar-refractivity contribution in [2.45, 2.75) is 50.4 Å². The summed E-state index contributed by atoms with van der Waals surface area (Å²) in [6, 6.07) is 2.11. The van der Waals surface area contributed by atoms with Crippen LogP contribution in [0.3, 0.4) is 0 Å². The normalized spacial score (nSPS) is 16.6. The number of hydrogen-bond acceptors (Lipinski definition) is 4. The Morgan fingerprint density at radius 3 is 2.53 bits per heavy atom. The van der Waals surface area contributed by atoms with Crippen LogP contribution < -0.4 is 4.90 Å². The molecule has 1 saturated heterocycles. The molecule has 0 amide bonds. The second kappa shape index (κ2) is 5.71. The SMILES string of the molecule is Cc1cc(N2CCCCC2)nc(SC(C)C)n1. The molecule has 0 unspecified atom stereocenters. The summed E-state index contributed by atoms with van der Waals surface area (Å²) < 4.78 is 0. The standard InChI is InChI=1S/C13H21N3S/c1-10(2)17-13-14-11(3)9-12(15-13)16-7-5-4-6-8-16/h9-10H,4-8H2,1-3H3. The van der Waals surface area contributed by atoms with Crippen molar-refractivity contribution in [3.8, 4) is 0 Å². The highest BCUT2D eigenvalue weighted by Gasteiger charge is 2.14. The van der Waals surface area contributed by atoms with Crippen molar-refractivity contribution < 1.29 is 0 Å². The molecule has 0 aliphatic carbocycles. The fourth-order valence-corrected chi connectivity index (χ4v) is 2.84. The first kappa shape index (κ1) is 12.7. The summed E-state index contributed by atoms with van der Waals surface area (Å²) in [6.07, 6.45) is 3.93. The van der Waals surface area contributed by atoms with Crippen molar-refractivity contribution in [3.05, 3.63) is 11.8 Å². The number of hydrogen-bond donors (Lipinski definition) is 0. The van der Waals surface area contributed by atoms with Gasteiger partial charge in [-0.1, -0.05) is 25.6 Å². The van der Waals surface area contributed by atoms with Crippen molar-refractivity contribution in [3.63, 3.8) is 0 Å². The zero-order valence-electron chi connectivity index (χ0n) is 10.9. The first-order valence-electron chi connectivity index (χ1n) is 6.42. The van der Waals surface area contributed by atoms with Gasteiger partial charge in [0.05, 0.1) is 0 Å². The van der Waals surface area contributed by atoms with Gasteiger partial charge in [0.15, 0.2) is 5.16 Å². The highest BCUT2D eigenvalue weighted by atomic mass is 32.2. The molecule has 0 saturated carbocycles. The van der Waals surface area contributed by atoms with E-state index in [1.165, 1.54) is 19.3 Å². The van der Waals surface area contributed by atoms with Crippen LogP contribution in [-0.2, 0) is 0 Å². The Kier molecular flexibility index (Phi) is 4.26. The van der Waals surface area contributed by atoms with Crippen LogP contribution in [0.1, 0.15) is 38.8 Å². The molecular weight excluding hydrogens is 230 g/mol. The number of anilines is 1. The maximum absolute atomic E-state index is 4.68. The molecule has 0 atom stereocenters. The number of piperidine rings is 1. The van der Waals surface area contributed by atoms with Gasteiger partial charge in [-0.3, -0.25) is 0 Å². The maximum atomic E-state index is 4.68. The molecule has 0 N–H and O–H groups in total. The van der Waals surface area contributed by atoms with E-state index in [-0.39, 0.29) is 0 Å². The van der Waals surface area contributed by atoms with Gasteiger partial charge < -0.3 is 4.90 Å². The van der Waals surface area contributed by atoms with Gasteiger partial charge >= 0.3 is 0 Å². The molecule has 0 bridgehead atoms. The molecule has 3 nitrogen and oxygen atoms in total. The lowest BCUT2D eigenvalue weighted by molar-refractivity contribution is 0.570. The highest BCUT2D eigenvalue weighted by Crippen LogP contribution is 2.24. The molecule has 1 aliphatic rings. The van der Waals surface area contributed by atoms with E-state index in [2.05, 4.69) is 41.7 Å². The molecule has 94 valence electrons. The topological polar surface area (TPSA) is 29.0 Å². The number of nitrogens with zero attached hydrogens (tertiary/aromatic N) is 3. The highest BCUT2D eigenvalue weighted by molar-refractivity contribution is 7.99. The zero-order chi connectivity index (χ0) is 12.3. The van der Waals surface area contributed by atoms with Crippen molar-refractivity contribution in [1.82, 2.24) is 9.97 Å². The monoisotopic (exact) mass is 251 g/mol. The molecular formula is C13H21N3S. The van der Waals surface area contributed by atoms with Crippen LogP contribution in [0.5, 0.6) is 0 Å². The first-order valence-corrected chi connectivity index (χ1v) is 7.30. The van der Waals surface area contributed by atoms with Gasteiger partial charge in [-0.25, -0.2) is 9.97 Å². The summed E-state index contributed by atoms with van der Waals surface area (Å²) in [4.78, 5) is 11.6. The minimum Gasteiger partial charge on any atom is -0.356 e. The van der Waals surface area contributed by atoms with Crippen molar-refractivity contribution in [1.29, 1.82) is 0 Å². The van der Waals surface area contributed by atoms with Gasteiger partial charge in [-0.2, -0.15) is 0 Å². The van der Waals surface area contributed by atoms with Crippen LogP contribution >= 0.6 is 11.8 Å². The molecule has 1 aliphatic heterocycles. The number of thioether (sulfide) groups is 1. The van der Waals surface area contributed by atoms with E-state index in [4.69, 9.17) is 0 Å². The van der Waals surface area contributed by atoms with Crippen molar-refractivity contribution in [2.24, 2.45) is 0 Å². The lowest BCUT2D eigenvalue weighted by Gasteiger charge is -2.28. The quantitative estimate of drug-likeness (QED) is 0.609. The second-order valence-corrected chi connectivity index (χ2v) is 6.41. The van der Waals surface area contributed by atoms with E-state index in [9.17, 15) is 0 Å². The molecule has 4 heteroatoms. The Hall–Kier alpha value is -0.770. The minimum atomic E-state index is 0.533. The Morgan fingerprint density at radius 2 is 1.88 bits per heavy atom. The van der Waals surface area contributed by atoms with Gasteiger partial charge in [0, 0.05) is 30.1 Å². The number of rotatable bonds is 3. The molecule has 0 radical (unpaired) electrons. The third kappa shape index (κ3) is 3.60. The predicted molar refractivity (Wildman–Crippen MR) is 73.8 cm³/mol. The van der Waals surface area contributed by atoms with E-state index < -0.39 is 0 Å². The van der Waals surface area contributed by atoms with Gasteiger partial charge in [0.25, 0.3) is 0 Å². The Labute approximate surface area is 108 Å².